The predicted octanol–water partition coefficient (Wildman–Crippen LogP) is 3.17. The van der Waals surface area contributed by atoms with E-state index in [0.717, 1.165) is 10.2 Å². The average molecular weight is 283 g/mol. The highest BCUT2D eigenvalue weighted by atomic mass is 19.4. The van der Waals surface area contributed by atoms with Crippen molar-refractivity contribution in [3.8, 4) is 5.69 Å². The van der Waals surface area contributed by atoms with Gasteiger partial charge in [-0.2, -0.15) is 18.3 Å². The zero-order chi connectivity index (χ0) is 14.8. The van der Waals surface area contributed by atoms with Crippen molar-refractivity contribution < 1.29 is 13.2 Å². The molecule has 0 atom stereocenters. The topological polar surface area (TPSA) is 29.9 Å². The number of hydrogen-bond acceptors (Lipinski definition) is 2. The number of aryl methyl sites for hydroxylation is 1. The van der Waals surface area contributed by atoms with Gasteiger partial charge >= 0.3 is 6.18 Å². The number of nitrogens with one attached hydrogen (secondary N) is 1. The molecule has 1 aromatic carbocycles. The summed E-state index contributed by atoms with van der Waals surface area (Å²) in [5.74, 6) is 0. The van der Waals surface area contributed by atoms with Crippen molar-refractivity contribution in [1.82, 2.24) is 15.1 Å². The molecule has 0 amide bonds. The van der Waals surface area contributed by atoms with E-state index < -0.39 is 11.9 Å². The van der Waals surface area contributed by atoms with E-state index >= 15 is 0 Å². The molecule has 1 aromatic heterocycles. The molecule has 3 nitrogen and oxygen atoms in total. The molecule has 0 saturated carbocycles. The fraction of sp³-hybridized carbons (Fsp3) is 0.357. The summed E-state index contributed by atoms with van der Waals surface area (Å²) in [6.45, 7) is 2.03. The summed E-state index contributed by atoms with van der Waals surface area (Å²) in [7, 11) is 1.61. The van der Waals surface area contributed by atoms with Gasteiger partial charge in [-0.3, -0.25) is 0 Å². The highest BCUT2D eigenvalue weighted by Gasteiger charge is 2.38. The molecule has 0 aliphatic rings. The Kier molecular flexibility index (Phi) is 4.13. The molecule has 0 radical (unpaired) electrons. The maximum Gasteiger partial charge on any atom is 0.433 e. The number of rotatable bonds is 4. The number of halogens is 3. The van der Waals surface area contributed by atoms with Crippen LogP contribution in [-0.2, 0) is 19.1 Å². The van der Waals surface area contributed by atoms with Gasteiger partial charge in [-0.15, -0.1) is 0 Å². The lowest BCUT2D eigenvalue weighted by atomic mass is 10.1. The van der Waals surface area contributed by atoms with Crippen LogP contribution in [-0.4, -0.2) is 16.8 Å². The third-order valence-electron chi connectivity index (χ3n) is 3.08. The molecule has 2 rings (SSSR count). The Bertz CT molecular complexity index is 588. The molecule has 1 heterocycles. The van der Waals surface area contributed by atoms with E-state index in [-0.39, 0.29) is 12.1 Å². The lowest BCUT2D eigenvalue weighted by molar-refractivity contribution is -0.143. The van der Waals surface area contributed by atoms with Crippen molar-refractivity contribution >= 4 is 0 Å². The Morgan fingerprint density at radius 1 is 1.20 bits per heavy atom. The maximum absolute atomic E-state index is 13.3. The van der Waals surface area contributed by atoms with Crippen LogP contribution in [0.4, 0.5) is 13.2 Å². The summed E-state index contributed by atoms with van der Waals surface area (Å²) < 4.78 is 40.9. The molecule has 2 aromatic rings. The highest BCUT2D eigenvalue weighted by molar-refractivity contribution is 5.43. The Morgan fingerprint density at radius 2 is 1.90 bits per heavy atom. The summed E-state index contributed by atoms with van der Waals surface area (Å²) in [5, 5.41) is 6.67. The van der Waals surface area contributed by atoms with Crippen LogP contribution in [0.2, 0.25) is 0 Å². The van der Waals surface area contributed by atoms with E-state index in [1.54, 1.807) is 19.2 Å². The summed E-state index contributed by atoms with van der Waals surface area (Å²) in [6.07, 6.45) is -2.52. The van der Waals surface area contributed by atoms with E-state index in [1.807, 2.05) is 19.1 Å². The summed E-state index contributed by atoms with van der Waals surface area (Å²) in [4.78, 5) is 0. The van der Waals surface area contributed by atoms with E-state index in [0.29, 0.717) is 12.1 Å². The van der Waals surface area contributed by atoms with Crippen molar-refractivity contribution in [1.29, 1.82) is 0 Å². The van der Waals surface area contributed by atoms with E-state index in [1.165, 1.54) is 6.20 Å². The first-order valence-corrected chi connectivity index (χ1v) is 6.36. The van der Waals surface area contributed by atoms with Gasteiger partial charge in [0, 0.05) is 12.1 Å². The SMILES string of the molecule is CCc1ccccc1-n1ncc(CNC)c1C(F)(F)F. The second kappa shape index (κ2) is 5.66. The first kappa shape index (κ1) is 14.6. The van der Waals surface area contributed by atoms with Gasteiger partial charge in [0.25, 0.3) is 0 Å². The minimum absolute atomic E-state index is 0.128. The van der Waals surface area contributed by atoms with Gasteiger partial charge < -0.3 is 5.32 Å². The summed E-state index contributed by atoms with van der Waals surface area (Å²) in [5.41, 5.74) is 0.737. The molecule has 0 saturated heterocycles. The molecular weight excluding hydrogens is 267 g/mol. The average Bonchev–Trinajstić information content (AvgIpc) is 2.82. The standard InChI is InChI=1S/C14H16F3N3/c1-3-10-6-4-5-7-12(10)20-13(14(15,16)17)11(8-18-2)9-19-20/h4-7,9,18H,3,8H2,1-2H3. The van der Waals surface area contributed by atoms with Gasteiger partial charge in [0.2, 0.25) is 0 Å². The third kappa shape index (κ3) is 2.70. The fourth-order valence-electron chi connectivity index (χ4n) is 2.20. The smallest absolute Gasteiger partial charge is 0.316 e. The number of nitrogens with zero attached hydrogens (tertiary/aromatic N) is 2. The molecule has 20 heavy (non-hydrogen) atoms. The van der Waals surface area contributed by atoms with Crippen molar-refractivity contribution in [2.45, 2.75) is 26.1 Å². The molecule has 0 aliphatic heterocycles. The van der Waals surface area contributed by atoms with Gasteiger partial charge in [0.1, 0.15) is 0 Å². The molecule has 0 aliphatic carbocycles. The van der Waals surface area contributed by atoms with Crippen LogP contribution < -0.4 is 5.32 Å². The van der Waals surface area contributed by atoms with Crippen molar-refractivity contribution in [3.63, 3.8) is 0 Å². The quantitative estimate of drug-likeness (QED) is 0.934. The zero-order valence-corrected chi connectivity index (χ0v) is 11.3. The third-order valence-corrected chi connectivity index (χ3v) is 3.08. The van der Waals surface area contributed by atoms with Gasteiger partial charge in [-0.05, 0) is 25.1 Å². The molecule has 108 valence electrons. The van der Waals surface area contributed by atoms with Gasteiger partial charge in [-0.1, -0.05) is 25.1 Å². The Labute approximate surface area is 115 Å². The largest absolute Gasteiger partial charge is 0.433 e. The number of aromatic nitrogens is 2. The highest BCUT2D eigenvalue weighted by Crippen LogP contribution is 2.34. The van der Waals surface area contributed by atoms with Gasteiger partial charge in [0.15, 0.2) is 5.69 Å². The van der Waals surface area contributed by atoms with Crippen LogP contribution in [0.5, 0.6) is 0 Å². The number of para-hydroxylation sites is 1. The van der Waals surface area contributed by atoms with Gasteiger partial charge in [0.05, 0.1) is 11.9 Å². The van der Waals surface area contributed by atoms with Crippen molar-refractivity contribution in [2.24, 2.45) is 0 Å². The van der Waals surface area contributed by atoms with Crippen LogP contribution >= 0.6 is 0 Å². The van der Waals surface area contributed by atoms with Crippen LogP contribution in [0, 0.1) is 0 Å². The van der Waals surface area contributed by atoms with Crippen LogP contribution in [0.25, 0.3) is 5.69 Å². The van der Waals surface area contributed by atoms with Crippen LogP contribution in [0.1, 0.15) is 23.7 Å². The maximum atomic E-state index is 13.3. The lowest BCUT2D eigenvalue weighted by Crippen LogP contribution is -2.18. The Morgan fingerprint density at radius 3 is 2.50 bits per heavy atom. The van der Waals surface area contributed by atoms with Crippen LogP contribution in [0.15, 0.2) is 30.5 Å². The molecule has 0 fully saturated rings. The van der Waals surface area contributed by atoms with Crippen molar-refractivity contribution in [2.75, 3.05) is 7.05 Å². The fourth-order valence-corrected chi connectivity index (χ4v) is 2.20. The molecule has 1 N–H and O–H groups in total. The Balaban J connectivity index is 2.62. The summed E-state index contributed by atoms with van der Waals surface area (Å²) >= 11 is 0. The minimum atomic E-state index is -4.44. The molecule has 0 bridgehead atoms. The van der Waals surface area contributed by atoms with Crippen molar-refractivity contribution in [3.05, 3.63) is 47.3 Å². The van der Waals surface area contributed by atoms with E-state index in [2.05, 4.69) is 10.4 Å². The number of hydrogen-bond donors (Lipinski definition) is 1. The Hall–Kier alpha value is -1.82. The summed E-state index contributed by atoms with van der Waals surface area (Å²) in [6, 6.07) is 7.00. The first-order valence-electron chi connectivity index (χ1n) is 6.36. The number of alkyl halides is 3. The van der Waals surface area contributed by atoms with Gasteiger partial charge in [-0.25, -0.2) is 4.68 Å². The normalized spacial score (nSPS) is 11.8. The predicted molar refractivity (Wildman–Crippen MR) is 70.7 cm³/mol. The van der Waals surface area contributed by atoms with E-state index in [9.17, 15) is 13.2 Å². The second-order valence-corrected chi connectivity index (χ2v) is 4.44. The molecule has 0 unspecified atom stereocenters. The lowest BCUT2D eigenvalue weighted by Gasteiger charge is -2.15. The monoisotopic (exact) mass is 283 g/mol. The van der Waals surface area contributed by atoms with Crippen LogP contribution in [0.3, 0.4) is 0 Å². The number of benzene rings is 1. The van der Waals surface area contributed by atoms with E-state index in [4.69, 9.17) is 0 Å². The molecular formula is C14H16F3N3. The molecule has 6 heteroatoms. The second-order valence-electron chi connectivity index (χ2n) is 4.44. The minimum Gasteiger partial charge on any atom is -0.316 e. The zero-order valence-electron chi connectivity index (χ0n) is 11.3. The first-order chi connectivity index (χ1) is 9.49. The molecule has 0 spiro atoms.